The van der Waals surface area contributed by atoms with Gasteiger partial charge in [0.05, 0.1) is 5.02 Å². The number of carbonyl (C=O) groups is 1. The summed E-state index contributed by atoms with van der Waals surface area (Å²) in [5.74, 6) is -0.103. The molecule has 0 spiro atoms. The van der Waals surface area contributed by atoms with Gasteiger partial charge in [0.15, 0.2) is 11.9 Å². The van der Waals surface area contributed by atoms with Gasteiger partial charge in [-0.05, 0) is 42.8 Å². The molecule has 110 valence electrons. The van der Waals surface area contributed by atoms with Crippen molar-refractivity contribution in [3.8, 4) is 5.75 Å². The smallest absolute Gasteiger partial charge is 0.177 e. The Labute approximate surface area is 132 Å². The Hall–Kier alpha value is -1.58. The predicted molar refractivity (Wildman–Crippen MR) is 81.7 cm³/mol. The molecule has 0 bridgehead atoms. The molecule has 0 saturated heterocycles. The summed E-state index contributed by atoms with van der Waals surface area (Å²) >= 11 is 11.5. The van der Waals surface area contributed by atoms with Crippen LogP contribution in [0.5, 0.6) is 5.75 Å². The highest BCUT2D eigenvalue weighted by Crippen LogP contribution is 2.20. The van der Waals surface area contributed by atoms with Crippen LogP contribution in [0.3, 0.4) is 0 Å². The van der Waals surface area contributed by atoms with Gasteiger partial charge >= 0.3 is 0 Å². The first-order chi connectivity index (χ1) is 9.95. The van der Waals surface area contributed by atoms with Crippen LogP contribution < -0.4 is 4.74 Å². The molecule has 1 unspecified atom stereocenters. The maximum Gasteiger partial charge on any atom is 0.177 e. The third-order valence-corrected chi connectivity index (χ3v) is 3.45. The average molecular weight is 327 g/mol. The maximum absolute atomic E-state index is 13.1. The van der Waals surface area contributed by atoms with Gasteiger partial charge in [-0.25, -0.2) is 4.39 Å². The summed E-state index contributed by atoms with van der Waals surface area (Å²) in [7, 11) is 0. The Bertz CT molecular complexity index is 658. The molecular weight excluding hydrogens is 314 g/mol. The molecule has 2 nitrogen and oxygen atoms in total. The summed E-state index contributed by atoms with van der Waals surface area (Å²) in [6, 6.07) is 11.1. The van der Waals surface area contributed by atoms with E-state index >= 15 is 0 Å². The molecule has 5 heteroatoms. The van der Waals surface area contributed by atoms with E-state index in [1.54, 1.807) is 31.2 Å². The van der Waals surface area contributed by atoms with E-state index in [9.17, 15) is 9.18 Å². The summed E-state index contributed by atoms with van der Waals surface area (Å²) in [4.78, 5) is 12.1. The molecule has 2 rings (SSSR count). The highest BCUT2D eigenvalue weighted by atomic mass is 35.5. The van der Waals surface area contributed by atoms with Gasteiger partial charge in [0.1, 0.15) is 11.6 Å². The lowest BCUT2D eigenvalue weighted by Crippen LogP contribution is -2.25. The molecule has 0 fully saturated rings. The monoisotopic (exact) mass is 326 g/mol. The number of halogens is 3. The van der Waals surface area contributed by atoms with E-state index < -0.39 is 11.9 Å². The quantitative estimate of drug-likeness (QED) is 0.795. The highest BCUT2D eigenvalue weighted by molar-refractivity contribution is 6.31. The molecule has 1 atom stereocenters. The fraction of sp³-hybridized carbons (Fsp3) is 0.188. The van der Waals surface area contributed by atoms with Crippen LogP contribution in [0.25, 0.3) is 0 Å². The number of ether oxygens (including phenoxy) is 1. The predicted octanol–water partition coefficient (Wildman–Crippen LogP) is 4.71. The Morgan fingerprint density at radius 1 is 1.24 bits per heavy atom. The van der Waals surface area contributed by atoms with Gasteiger partial charge in [-0.2, -0.15) is 0 Å². The molecule has 21 heavy (non-hydrogen) atoms. The third kappa shape index (κ3) is 4.45. The van der Waals surface area contributed by atoms with Gasteiger partial charge in [0.25, 0.3) is 0 Å². The van der Waals surface area contributed by atoms with Crippen molar-refractivity contribution < 1.29 is 13.9 Å². The van der Waals surface area contributed by atoms with Crippen LogP contribution in [-0.2, 0) is 11.2 Å². The molecular formula is C16H13Cl2FO2. The Balaban J connectivity index is 2.00. The Kier molecular flexibility index (Phi) is 5.21. The standard InChI is InChI=1S/C16H13Cl2FO2/c1-10(21-13-4-2-3-12(17)9-13)16(20)8-11-5-6-15(19)14(18)7-11/h2-7,9-10H,8H2,1H3. The molecule has 2 aromatic rings. The fourth-order valence-electron chi connectivity index (χ4n) is 1.80. The van der Waals surface area contributed by atoms with E-state index in [0.717, 1.165) is 0 Å². The summed E-state index contributed by atoms with van der Waals surface area (Å²) in [5.41, 5.74) is 0.646. The van der Waals surface area contributed by atoms with E-state index in [1.165, 1.54) is 18.2 Å². The van der Waals surface area contributed by atoms with Crippen LogP contribution in [0.15, 0.2) is 42.5 Å². The fourth-order valence-corrected chi connectivity index (χ4v) is 2.19. The molecule has 0 aromatic heterocycles. The topological polar surface area (TPSA) is 26.3 Å². The largest absolute Gasteiger partial charge is 0.483 e. The molecule has 0 saturated carbocycles. The van der Waals surface area contributed by atoms with E-state index in [2.05, 4.69) is 0 Å². The molecule has 0 amide bonds. The highest BCUT2D eigenvalue weighted by Gasteiger charge is 2.16. The number of hydrogen-bond acceptors (Lipinski definition) is 2. The number of carbonyl (C=O) groups excluding carboxylic acids is 1. The Morgan fingerprint density at radius 2 is 2.00 bits per heavy atom. The van der Waals surface area contributed by atoms with Crippen LogP contribution in [0.1, 0.15) is 12.5 Å². The maximum atomic E-state index is 13.1. The number of Topliss-reactive ketones (excluding diaryl/α,β-unsaturated/α-hetero) is 1. The number of benzene rings is 2. The number of rotatable bonds is 5. The SMILES string of the molecule is CC(Oc1cccc(Cl)c1)C(=O)Cc1ccc(F)c(Cl)c1. The van der Waals surface area contributed by atoms with Gasteiger partial charge in [0, 0.05) is 11.4 Å². The van der Waals surface area contributed by atoms with Crippen molar-refractivity contribution in [2.24, 2.45) is 0 Å². The first kappa shape index (κ1) is 15.8. The van der Waals surface area contributed by atoms with Crippen molar-refractivity contribution in [3.63, 3.8) is 0 Å². The lowest BCUT2D eigenvalue weighted by Gasteiger charge is -2.14. The zero-order valence-electron chi connectivity index (χ0n) is 11.3. The minimum absolute atomic E-state index is 0.00344. The van der Waals surface area contributed by atoms with Crippen molar-refractivity contribution in [2.45, 2.75) is 19.4 Å². The first-order valence-corrected chi connectivity index (χ1v) is 7.10. The molecule has 0 aliphatic rings. The van der Waals surface area contributed by atoms with Crippen LogP contribution in [0.4, 0.5) is 4.39 Å². The number of ketones is 1. The van der Waals surface area contributed by atoms with E-state index in [4.69, 9.17) is 27.9 Å². The zero-order chi connectivity index (χ0) is 15.4. The van der Waals surface area contributed by atoms with E-state index in [0.29, 0.717) is 16.3 Å². The molecule has 2 aromatic carbocycles. The van der Waals surface area contributed by atoms with Gasteiger partial charge < -0.3 is 4.74 Å². The summed E-state index contributed by atoms with van der Waals surface area (Å²) in [5, 5.41) is 0.543. The van der Waals surface area contributed by atoms with Gasteiger partial charge in [-0.1, -0.05) is 35.3 Å². The Morgan fingerprint density at radius 3 is 2.67 bits per heavy atom. The van der Waals surface area contributed by atoms with Gasteiger partial charge in [-0.3, -0.25) is 4.79 Å². The normalized spacial score (nSPS) is 12.0. The second-order valence-corrected chi connectivity index (χ2v) is 5.45. The molecule has 0 N–H and O–H groups in total. The second kappa shape index (κ2) is 6.92. The molecule has 0 heterocycles. The van der Waals surface area contributed by atoms with Crippen LogP contribution in [0.2, 0.25) is 10.0 Å². The van der Waals surface area contributed by atoms with Gasteiger partial charge in [0.2, 0.25) is 0 Å². The summed E-state index contributed by atoms with van der Waals surface area (Å²) < 4.78 is 18.6. The van der Waals surface area contributed by atoms with Crippen LogP contribution in [0, 0.1) is 5.82 Å². The lowest BCUT2D eigenvalue weighted by molar-refractivity contribution is -0.124. The molecule has 0 aliphatic heterocycles. The van der Waals surface area contributed by atoms with Gasteiger partial charge in [-0.15, -0.1) is 0 Å². The zero-order valence-corrected chi connectivity index (χ0v) is 12.8. The lowest BCUT2D eigenvalue weighted by atomic mass is 10.1. The minimum atomic E-state index is -0.632. The van der Waals surface area contributed by atoms with Crippen LogP contribution in [-0.4, -0.2) is 11.9 Å². The number of hydrogen-bond donors (Lipinski definition) is 0. The molecule has 0 radical (unpaired) electrons. The summed E-state index contributed by atoms with van der Waals surface area (Å²) in [6.45, 7) is 1.66. The third-order valence-electron chi connectivity index (χ3n) is 2.92. The van der Waals surface area contributed by atoms with E-state index in [1.807, 2.05) is 0 Å². The molecule has 0 aliphatic carbocycles. The van der Waals surface area contributed by atoms with E-state index in [-0.39, 0.29) is 17.2 Å². The second-order valence-electron chi connectivity index (χ2n) is 4.61. The van der Waals surface area contributed by atoms with Crippen molar-refractivity contribution >= 4 is 29.0 Å². The van der Waals surface area contributed by atoms with Crippen molar-refractivity contribution in [1.82, 2.24) is 0 Å². The minimum Gasteiger partial charge on any atom is -0.483 e. The first-order valence-electron chi connectivity index (χ1n) is 6.34. The van der Waals surface area contributed by atoms with Crippen molar-refractivity contribution in [3.05, 3.63) is 63.9 Å². The summed E-state index contributed by atoms with van der Waals surface area (Å²) in [6.07, 6.45) is -0.505. The van der Waals surface area contributed by atoms with Crippen molar-refractivity contribution in [2.75, 3.05) is 0 Å². The average Bonchev–Trinajstić information content (AvgIpc) is 2.43. The van der Waals surface area contributed by atoms with Crippen LogP contribution >= 0.6 is 23.2 Å². The van der Waals surface area contributed by atoms with Crippen molar-refractivity contribution in [1.29, 1.82) is 0 Å².